The summed E-state index contributed by atoms with van der Waals surface area (Å²) < 4.78 is 12.6. The smallest absolute Gasteiger partial charge is 0.340 e. The van der Waals surface area contributed by atoms with Crippen molar-refractivity contribution < 1.29 is 24.2 Å². The van der Waals surface area contributed by atoms with E-state index in [1.807, 2.05) is 0 Å². The fourth-order valence-corrected chi connectivity index (χ4v) is 3.82. The van der Waals surface area contributed by atoms with E-state index < -0.39 is 28.9 Å². The van der Waals surface area contributed by atoms with Crippen molar-refractivity contribution in [1.82, 2.24) is 0 Å². The zero-order chi connectivity index (χ0) is 24.6. The van der Waals surface area contributed by atoms with Gasteiger partial charge in [0.15, 0.2) is 0 Å². The first kappa shape index (κ1) is 26.1. The first-order valence-electron chi connectivity index (χ1n) is 10.1. The van der Waals surface area contributed by atoms with E-state index in [9.17, 15) is 14.0 Å². The molecule has 33 heavy (non-hydrogen) atoms. The Labute approximate surface area is 201 Å². The Morgan fingerprint density at radius 1 is 1.03 bits per heavy atom. The van der Waals surface area contributed by atoms with Gasteiger partial charge in [0.2, 0.25) is 0 Å². The van der Waals surface area contributed by atoms with Crippen LogP contribution in [0.4, 0.5) is 4.39 Å². The quantitative estimate of drug-likeness (QED) is 0.459. The van der Waals surface area contributed by atoms with Crippen LogP contribution in [-0.4, -0.2) is 22.2 Å². The predicted octanol–water partition coefficient (Wildman–Crippen LogP) is 6.82. The van der Waals surface area contributed by atoms with Gasteiger partial charge < -0.3 is 15.1 Å². The SMILES string of the molecule is N#CC1CCC1.O=C(O)c1c(F)cccc1Cl.[C-]#[N+]C1(c2cccc(Cl)c2C(=O)O)CCC1. The number of benzene rings is 2. The second-order valence-corrected chi connectivity index (χ2v) is 8.44. The molecule has 4 rings (SSSR count). The van der Waals surface area contributed by atoms with Crippen molar-refractivity contribution >= 4 is 35.1 Å². The molecule has 2 aliphatic rings. The van der Waals surface area contributed by atoms with Crippen molar-refractivity contribution in [2.45, 2.75) is 44.1 Å². The number of carbonyl (C=O) groups is 2. The third-order valence-electron chi connectivity index (χ3n) is 5.59. The number of nitriles is 1. The lowest BCUT2D eigenvalue weighted by molar-refractivity contribution is 0.0681. The van der Waals surface area contributed by atoms with Crippen LogP contribution in [0.1, 0.15) is 64.8 Å². The van der Waals surface area contributed by atoms with E-state index in [2.05, 4.69) is 10.9 Å². The third-order valence-corrected chi connectivity index (χ3v) is 6.22. The molecule has 2 saturated carbocycles. The molecule has 2 aromatic carbocycles. The van der Waals surface area contributed by atoms with Crippen molar-refractivity contribution in [2.75, 3.05) is 0 Å². The van der Waals surface area contributed by atoms with Crippen LogP contribution in [0.15, 0.2) is 36.4 Å². The molecule has 6 nitrogen and oxygen atoms in total. The summed E-state index contributed by atoms with van der Waals surface area (Å²) in [4.78, 5) is 25.1. The second-order valence-electron chi connectivity index (χ2n) is 7.62. The standard InChI is InChI=1S/C12H10ClNO2.C7H4ClFO2.C5H7N/c1-14-12(6-3-7-12)8-4-2-5-9(13)10(8)11(15)16;8-4-2-1-3-5(9)6(4)7(10)11;6-4-5-2-1-3-5/h2,4-5H,3,6-7H2,(H,15,16);1-3H,(H,10,11);5H,1-3H2. The molecular formula is C24H21Cl2FN2O4. The summed E-state index contributed by atoms with van der Waals surface area (Å²) >= 11 is 11.3. The molecule has 0 atom stereocenters. The van der Waals surface area contributed by atoms with Crippen molar-refractivity contribution in [3.05, 3.63) is 80.4 Å². The van der Waals surface area contributed by atoms with E-state index in [4.69, 9.17) is 45.2 Å². The maximum Gasteiger partial charge on any atom is 0.340 e. The molecule has 0 aliphatic heterocycles. The lowest BCUT2D eigenvalue weighted by atomic mass is 9.71. The summed E-state index contributed by atoms with van der Waals surface area (Å²) in [5, 5.41) is 25.8. The van der Waals surface area contributed by atoms with Crippen molar-refractivity contribution in [3.8, 4) is 6.07 Å². The van der Waals surface area contributed by atoms with Gasteiger partial charge in [0.1, 0.15) is 11.4 Å². The highest BCUT2D eigenvalue weighted by atomic mass is 35.5. The highest BCUT2D eigenvalue weighted by Crippen LogP contribution is 2.47. The van der Waals surface area contributed by atoms with Gasteiger partial charge in [-0.3, -0.25) is 0 Å². The van der Waals surface area contributed by atoms with Gasteiger partial charge in [-0.1, -0.05) is 41.8 Å². The van der Waals surface area contributed by atoms with Crippen molar-refractivity contribution in [1.29, 1.82) is 5.26 Å². The highest BCUT2D eigenvalue weighted by Gasteiger charge is 2.48. The molecule has 9 heteroatoms. The van der Waals surface area contributed by atoms with Crippen LogP contribution in [0.25, 0.3) is 4.85 Å². The second kappa shape index (κ2) is 11.7. The monoisotopic (exact) mass is 490 g/mol. The van der Waals surface area contributed by atoms with Crippen LogP contribution in [-0.2, 0) is 5.54 Å². The molecule has 2 aliphatic carbocycles. The summed E-state index contributed by atoms with van der Waals surface area (Å²) in [6, 6.07) is 10.9. The van der Waals surface area contributed by atoms with Gasteiger partial charge in [0, 0.05) is 18.8 Å². The Kier molecular flexibility index (Phi) is 9.22. The number of rotatable bonds is 3. The van der Waals surface area contributed by atoms with Gasteiger partial charge in [-0.2, -0.15) is 5.26 Å². The maximum atomic E-state index is 12.6. The van der Waals surface area contributed by atoms with Crippen molar-refractivity contribution in [2.24, 2.45) is 5.92 Å². The summed E-state index contributed by atoms with van der Waals surface area (Å²) in [7, 11) is 0. The number of hydrogen-bond acceptors (Lipinski definition) is 3. The molecule has 2 aromatic rings. The minimum atomic E-state index is -1.35. The van der Waals surface area contributed by atoms with Gasteiger partial charge in [0.25, 0.3) is 5.54 Å². The Morgan fingerprint density at radius 2 is 1.58 bits per heavy atom. The topological polar surface area (TPSA) is 103 Å². The first-order chi connectivity index (χ1) is 15.7. The number of hydrogen-bond donors (Lipinski definition) is 2. The van der Waals surface area contributed by atoms with Gasteiger partial charge in [-0.25, -0.2) is 20.6 Å². The third kappa shape index (κ3) is 6.22. The van der Waals surface area contributed by atoms with E-state index in [1.54, 1.807) is 18.2 Å². The fraction of sp³-hybridized carbons (Fsp3) is 0.333. The van der Waals surface area contributed by atoms with Gasteiger partial charge >= 0.3 is 11.9 Å². The molecule has 2 N–H and O–H groups in total. The van der Waals surface area contributed by atoms with Crippen LogP contribution < -0.4 is 0 Å². The highest BCUT2D eigenvalue weighted by molar-refractivity contribution is 6.34. The maximum absolute atomic E-state index is 12.6. The van der Waals surface area contributed by atoms with Gasteiger partial charge in [-0.05, 0) is 43.5 Å². The molecule has 0 heterocycles. The van der Waals surface area contributed by atoms with Crippen LogP contribution in [0.5, 0.6) is 0 Å². The Balaban J connectivity index is 0.000000195. The number of nitrogens with zero attached hydrogens (tertiary/aromatic N) is 2. The molecule has 0 unspecified atom stereocenters. The first-order valence-corrected chi connectivity index (χ1v) is 10.9. The summed E-state index contributed by atoms with van der Waals surface area (Å²) in [6.07, 6.45) is 5.98. The Hall–Kier alpha value is -3.13. The molecule has 172 valence electrons. The molecule has 0 amide bonds. The van der Waals surface area contributed by atoms with E-state index in [0.29, 0.717) is 11.5 Å². The van der Waals surface area contributed by atoms with Crippen molar-refractivity contribution in [3.63, 3.8) is 0 Å². The van der Waals surface area contributed by atoms with Crippen LogP contribution in [0, 0.1) is 29.6 Å². The molecule has 0 spiro atoms. The zero-order valence-corrected chi connectivity index (χ0v) is 19.0. The summed E-state index contributed by atoms with van der Waals surface area (Å²) in [6.45, 7) is 7.24. The van der Waals surface area contributed by atoms with Gasteiger partial charge in [0.05, 0.1) is 27.2 Å². The molecule has 0 saturated heterocycles. The van der Waals surface area contributed by atoms with Gasteiger partial charge in [-0.15, -0.1) is 0 Å². The average Bonchev–Trinajstić information content (AvgIpc) is 2.67. The number of aromatic carboxylic acids is 2. The minimum Gasteiger partial charge on any atom is -0.478 e. The van der Waals surface area contributed by atoms with E-state index in [-0.39, 0.29) is 15.6 Å². The summed E-state index contributed by atoms with van der Waals surface area (Å²) in [5.74, 6) is -2.81. The molecule has 2 fully saturated rings. The summed E-state index contributed by atoms with van der Waals surface area (Å²) in [5.41, 5.74) is -0.485. The molecule has 0 radical (unpaired) electrons. The van der Waals surface area contributed by atoms with E-state index >= 15 is 0 Å². The molecule has 0 aromatic heterocycles. The molecule has 0 bridgehead atoms. The largest absolute Gasteiger partial charge is 0.478 e. The number of carboxylic acids is 2. The Morgan fingerprint density at radius 3 is 1.88 bits per heavy atom. The zero-order valence-electron chi connectivity index (χ0n) is 17.5. The van der Waals surface area contributed by atoms with Crippen LogP contribution in [0.2, 0.25) is 10.0 Å². The van der Waals surface area contributed by atoms with E-state index in [0.717, 1.165) is 38.2 Å². The molecular weight excluding hydrogens is 470 g/mol. The minimum absolute atomic E-state index is 0.0832. The predicted molar refractivity (Wildman–Crippen MR) is 122 cm³/mol. The number of carboxylic acid groups (broad SMARTS) is 2. The lowest BCUT2D eigenvalue weighted by Gasteiger charge is -2.31. The normalized spacial score (nSPS) is 15.5. The number of halogens is 3. The lowest BCUT2D eigenvalue weighted by Crippen LogP contribution is -2.32. The van der Waals surface area contributed by atoms with Crippen LogP contribution >= 0.6 is 23.2 Å². The fourth-order valence-electron chi connectivity index (χ4n) is 3.32. The Bertz CT molecular complexity index is 1100. The van der Waals surface area contributed by atoms with E-state index in [1.165, 1.54) is 18.6 Å². The average molecular weight is 491 g/mol. The van der Waals surface area contributed by atoms with Crippen LogP contribution in [0.3, 0.4) is 0 Å².